The monoisotopic (exact) mass is 294 g/mol. The number of benzene rings is 1. The number of halogens is 1. The number of hydrogen-bond donors (Lipinski definition) is 1. The summed E-state index contributed by atoms with van der Waals surface area (Å²) in [6.07, 6.45) is 4.32. The molecular weight excluding hydrogens is 267 g/mol. The van der Waals surface area contributed by atoms with Crippen LogP contribution in [0.2, 0.25) is 0 Å². The van der Waals surface area contributed by atoms with Crippen LogP contribution in [0.1, 0.15) is 39.5 Å². The average Bonchev–Trinajstić information content (AvgIpc) is 2.45. The van der Waals surface area contributed by atoms with Crippen molar-refractivity contribution in [2.24, 2.45) is 11.7 Å². The van der Waals surface area contributed by atoms with Crippen molar-refractivity contribution in [3.63, 3.8) is 0 Å². The van der Waals surface area contributed by atoms with Gasteiger partial charge in [0.25, 0.3) is 0 Å². The van der Waals surface area contributed by atoms with Crippen LogP contribution in [-0.2, 0) is 0 Å². The quantitative estimate of drug-likeness (QED) is 0.871. The van der Waals surface area contributed by atoms with Crippen molar-refractivity contribution in [2.75, 3.05) is 24.6 Å². The highest BCUT2D eigenvalue weighted by atomic mass is 19.1. The Bertz CT molecular complexity index is 452. The highest BCUT2D eigenvalue weighted by Crippen LogP contribution is 2.26. The van der Waals surface area contributed by atoms with Crippen LogP contribution in [0.15, 0.2) is 18.2 Å². The summed E-state index contributed by atoms with van der Waals surface area (Å²) in [5, 5.41) is 0. The Morgan fingerprint density at radius 1 is 1.48 bits per heavy atom. The summed E-state index contributed by atoms with van der Waals surface area (Å²) in [5.41, 5.74) is 6.60. The smallest absolute Gasteiger partial charge is 0.150 e. The first kappa shape index (κ1) is 16.1. The van der Waals surface area contributed by atoms with Crippen molar-refractivity contribution < 1.29 is 9.13 Å². The van der Waals surface area contributed by atoms with Crippen LogP contribution in [0.4, 0.5) is 10.1 Å². The topological polar surface area (TPSA) is 38.5 Å². The molecule has 2 rings (SSSR count). The third kappa shape index (κ3) is 4.60. The van der Waals surface area contributed by atoms with Gasteiger partial charge in [-0.25, -0.2) is 4.39 Å². The van der Waals surface area contributed by atoms with Crippen molar-refractivity contribution in [1.29, 1.82) is 0 Å². The molecule has 0 bridgehead atoms. The summed E-state index contributed by atoms with van der Waals surface area (Å²) in [6, 6.07) is 5.31. The van der Waals surface area contributed by atoms with E-state index in [0.717, 1.165) is 38.8 Å². The molecule has 3 nitrogen and oxygen atoms in total. The van der Waals surface area contributed by atoms with Crippen LogP contribution in [-0.4, -0.2) is 25.7 Å². The van der Waals surface area contributed by atoms with Crippen LogP contribution in [0.5, 0.6) is 5.75 Å². The van der Waals surface area contributed by atoms with E-state index in [1.54, 1.807) is 0 Å². The van der Waals surface area contributed by atoms with Gasteiger partial charge in [-0.1, -0.05) is 20.3 Å². The summed E-state index contributed by atoms with van der Waals surface area (Å²) >= 11 is 0. The molecule has 0 aliphatic carbocycles. The van der Waals surface area contributed by atoms with E-state index in [2.05, 4.69) is 13.8 Å². The summed E-state index contributed by atoms with van der Waals surface area (Å²) in [5.74, 6) is 0.892. The molecule has 0 amide bonds. The SMILES string of the molecule is CCCC(C)COc1ccc(N2CCCC(N)C2)c(F)c1. The number of hydrogen-bond acceptors (Lipinski definition) is 3. The number of piperidine rings is 1. The molecule has 2 unspecified atom stereocenters. The van der Waals surface area contributed by atoms with Gasteiger partial charge in [-0.3, -0.25) is 0 Å². The first-order valence-corrected chi connectivity index (χ1v) is 8.03. The van der Waals surface area contributed by atoms with Crippen LogP contribution < -0.4 is 15.4 Å². The molecule has 4 heteroatoms. The highest BCUT2D eigenvalue weighted by molar-refractivity contribution is 5.51. The number of nitrogens with zero attached hydrogens (tertiary/aromatic N) is 1. The normalized spacial score (nSPS) is 20.4. The predicted octanol–water partition coefficient (Wildman–Crippen LogP) is 3.57. The van der Waals surface area contributed by atoms with Gasteiger partial charge in [-0.2, -0.15) is 0 Å². The molecule has 2 N–H and O–H groups in total. The number of ether oxygens (including phenoxy) is 1. The van der Waals surface area contributed by atoms with Crippen molar-refractivity contribution >= 4 is 5.69 Å². The van der Waals surface area contributed by atoms with Crippen molar-refractivity contribution in [3.8, 4) is 5.75 Å². The molecule has 1 aromatic carbocycles. The maximum atomic E-state index is 14.3. The lowest BCUT2D eigenvalue weighted by molar-refractivity contribution is 0.250. The van der Waals surface area contributed by atoms with Crippen molar-refractivity contribution in [2.45, 2.75) is 45.6 Å². The lowest BCUT2D eigenvalue weighted by Gasteiger charge is -2.32. The van der Waals surface area contributed by atoms with Gasteiger partial charge >= 0.3 is 0 Å². The molecule has 0 spiro atoms. The van der Waals surface area contributed by atoms with Crippen LogP contribution in [0.3, 0.4) is 0 Å². The minimum Gasteiger partial charge on any atom is -0.493 e. The van der Waals surface area contributed by atoms with Gasteiger partial charge in [-0.05, 0) is 37.3 Å². The lowest BCUT2D eigenvalue weighted by Crippen LogP contribution is -2.43. The molecule has 1 saturated heterocycles. The number of anilines is 1. The fraction of sp³-hybridized carbons (Fsp3) is 0.647. The molecule has 1 heterocycles. The fourth-order valence-electron chi connectivity index (χ4n) is 2.88. The van der Waals surface area contributed by atoms with Crippen molar-refractivity contribution in [3.05, 3.63) is 24.0 Å². The Labute approximate surface area is 127 Å². The van der Waals surface area contributed by atoms with Crippen LogP contribution in [0.25, 0.3) is 0 Å². The zero-order chi connectivity index (χ0) is 15.2. The minimum atomic E-state index is -0.218. The van der Waals surface area contributed by atoms with Crippen LogP contribution in [0, 0.1) is 11.7 Å². The van der Waals surface area contributed by atoms with E-state index in [1.165, 1.54) is 6.07 Å². The zero-order valence-electron chi connectivity index (χ0n) is 13.1. The molecule has 1 aliphatic rings. The predicted molar refractivity (Wildman–Crippen MR) is 85.4 cm³/mol. The van der Waals surface area contributed by atoms with Gasteiger partial charge in [0, 0.05) is 25.2 Å². The standard InChI is InChI=1S/C17H27FN2O/c1-3-5-13(2)12-21-15-7-8-17(16(18)10-15)20-9-4-6-14(19)11-20/h7-8,10,13-14H,3-6,9,11-12,19H2,1-2H3. The highest BCUT2D eigenvalue weighted by Gasteiger charge is 2.19. The van der Waals surface area contributed by atoms with Gasteiger partial charge in [0.15, 0.2) is 0 Å². The number of rotatable bonds is 6. The first-order valence-electron chi connectivity index (χ1n) is 8.03. The van der Waals surface area contributed by atoms with E-state index in [0.29, 0.717) is 24.0 Å². The van der Waals surface area contributed by atoms with E-state index in [1.807, 2.05) is 17.0 Å². The van der Waals surface area contributed by atoms with Gasteiger partial charge in [0.05, 0.1) is 12.3 Å². The van der Waals surface area contributed by atoms with E-state index in [4.69, 9.17) is 10.5 Å². The molecule has 0 aromatic heterocycles. The van der Waals surface area contributed by atoms with Gasteiger partial charge in [-0.15, -0.1) is 0 Å². The van der Waals surface area contributed by atoms with E-state index in [-0.39, 0.29) is 11.9 Å². The zero-order valence-corrected chi connectivity index (χ0v) is 13.1. The third-order valence-corrected chi connectivity index (χ3v) is 4.03. The van der Waals surface area contributed by atoms with Gasteiger partial charge < -0.3 is 15.4 Å². The molecule has 1 aliphatic heterocycles. The summed E-state index contributed by atoms with van der Waals surface area (Å²) in [4.78, 5) is 2.03. The summed E-state index contributed by atoms with van der Waals surface area (Å²) in [7, 11) is 0. The Kier molecular flexibility index (Phi) is 5.85. The number of nitrogens with two attached hydrogens (primary N) is 1. The third-order valence-electron chi connectivity index (χ3n) is 4.03. The minimum absolute atomic E-state index is 0.143. The maximum absolute atomic E-state index is 14.3. The largest absolute Gasteiger partial charge is 0.493 e. The molecule has 21 heavy (non-hydrogen) atoms. The second kappa shape index (κ2) is 7.64. The van der Waals surface area contributed by atoms with Gasteiger partial charge in [0.2, 0.25) is 0 Å². The lowest BCUT2D eigenvalue weighted by atomic mass is 10.1. The first-order chi connectivity index (χ1) is 10.1. The molecule has 0 saturated carbocycles. The summed E-state index contributed by atoms with van der Waals surface area (Å²) < 4.78 is 20.0. The second-order valence-corrected chi connectivity index (χ2v) is 6.17. The van der Waals surface area contributed by atoms with Crippen molar-refractivity contribution in [1.82, 2.24) is 0 Å². The molecule has 0 radical (unpaired) electrons. The molecule has 1 fully saturated rings. The molecule has 118 valence electrons. The Morgan fingerprint density at radius 3 is 2.95 bits per heavy atom. The van der Waals surface area contributed by atoms with E-state index in [9.17, 15) is 4.39 Å². The second-order valence-electron chi connectivity index (χ2n) is 6.17. The van der Waals surface area contributed by atoms with Gasteiger partial charge in [0.1, 0.15) is 11.6 Å². The van der Waals surface area contributed by atoms with E-state index < -0.39 is 0 Å². The average molecular weight is 294 g/mol. The Hall–Kier alpha value is -1.29. The molecule has 1 aromatic rings. The Balaban J connectivity index is 1.97. The fourth-order valence-corrected chi connectivity index (χ4v) is 2.88. The molecular formula is C17H27FN2O. The van der Waals surface area contributed by atoms with Crippen LogP contribution >= 0.6 is 0 Å². The van der Waals surface area contributed by atoms with E-state index >= 15 is 0 Å². The maximum Gasteiger partial charge on any atom is 0.150 e. The Morgan fingerprint density at radius 2 is 2.29 bits per heavy atom. The summed E-state index contributed by atoms with van der Waals surface area (Å²) in [6.45, 7) is 6.56. The molecule has 2 atom stereocenters.